The first kappa shape index (κ1) is 37.2. The molecule has 15 heteroatoms. The van der Waals surface area contributed by atoms with Crippen molar-refractivity contribution in [2.24, 2.45) is 17.8 Å². The van der Waals surface area contributed by atoms with E-state index in [1.165, 1.54) is 44.4 Å². The van der Waals surface area contributed by atoms with Crippen LogP contribution in [0.4, 0.5) is 16.3 Å². The van der Waals surface area contributed by atoms with E-state index in [1.54, 1.807) is 72.9 Å². The topological polar surface area (TPSA) is 190 Å². The second-order valence-corrected chi connectivity index (χ2v) is 11.3. The van der Waals surface area contributed by atoms with Gasteiger partial charge in [-0.1, -0.05) is 6.07 Å². The SMILES string of the molecule is COC(=O)/C=C/c1ccc(OC(=O)CCN(C(=O)c2ccc3c(c2)nc(CNc2ccc(/C(N)=N/C(=O)OC)cc2)n3C)c2ccccn2)cc1OC. The zero-order valence-corrected chi connectivity index (χ0v) is 29.4. The van der Waals surface area contributed by atoms with Crippen molar-refractivity contribution in [3.05, 3.63) is 114 Å². The Morgan fingerprint density at radius 1 is 0.943 bits per heavy atom. The molecule has 3 N–H and O–H groups in total. The van der Waals surface area contributed by atoms with Gasteiger partial charge in [0.05, 0.1) is 45.3 Å². The maximum atomic E-state index is 14.0. The van der Waals surface area contributed by atoms with Crippen molar-refractivity contribution in [1.29, 1.82) is 0 Å². The molecule has 0 spiro atoms. The number of aryl methyl sites for hydroxylation is 1. The molecular weight excluding hydrogens is 682 g/mol. The van der Waals surface area contributed by atoms with Crippen molar-refractivity contribution < 1.29 is 38.1 Å². The molecule has 272 valence electrons. The summed E-state index contributed by atoms with van der Waals surface area (Å²) in [6.07, 6.45) is 3.42. The van der Waals surface area contributed by atoms with E-state index < -0.39 is 18.0 Å². The Bertz CT molecular complexity index is 2180. The van der Waals surface area contributed by atoms with E-state index in [9.17, 15) is 19.2 Å². The van der Waals surface area contributed by atoms with Gasteiger partial charge in [-0.2, -0.15) is 4.99 Å². The number of carbonyl (C=O) groups excluding carboxylic acids is 4. The number of imidazole rings is 1. The first-order valence-corrected chi connectivity index (χ1v) is 16.2. The number of esters is 2. The predicted molar refractivity (Wildman–Crippen MR) is 198 cm³/mol. The Morgan fingerprint density at radius 3 is 2.42 bits per heavy atom. The van der Waals surface area contributed by atoms with Crippen LogP contribution in [0, 0.1) is 0 Å². The number of carbonyl (C=O) groups is 4. The maximum Gasteiger partial charge on any atom is 0.435 e. The number of aromatic nitrogens is 3. The quantitative estimate of drug-likeness (QED) is 0.0552. The molecule has 15 nitrogen and oxygen atoms in total. The summed E-state index contributed by atoms with van der Waals surface area (Å²) < 4.78 is 22.0. The summed E-state index contributed by atoms with van der Waals surface area (Å²) in [5, 5.41) is 3.31. The molecule has 3 aromatic carbocycles. The van der Waals surface area contributed by atoms with Gasteiger partial charge in [-0.05, 0) is 72.8 Å². The second-order valence-electron chi connectivity index (χ2n) is 11.3. The Labute approximate surface area is 304 Å². The minimum atomic E-state index is -0.782. The number of ether oxygens (including phenoxy) is 4. The van der Waals surface area contributed by atoms with Crippen LogP contribution in [0.1, 0.15) is 33.7 Å². The van der Waals surface area contributed by atoms with Gasteiger partial charge in [0.25, 0.3) is 5.91 Å². The summed E-state index contributed by atoms with van der Waals surface area (Å²) in [6, 6.07) is 22.2. The highest BCUT2D eigenvalue weighted by atomic mass is 16.5. The van der Waals surface area contributed by atoms with Crippen molar-refractivity contribution in [1.82, 2.24) is 14.5 Å². The van der Waals surface area contributed by atoms with Crippen LogP contribution in [0.3, 0.4) is 0 Å². The Kier molecular flexibility index (Phi) is 12.1. The molecule has 2 heterocycles. The van der Waals surface area contributed by atoms with Crippen LogP contribution in [-0.4, -0.2) is 72.2 Å². The predicted octanol–water partition coefficient (Wildman–Crippen LogP) is 4.89. The highest BCUT2D eigenvalue weighted by Crippen LogP contribution is 2.27. The lowest BCUT2D eigenvalue weighted by Crippen LogP contribution is -2.34. The number of benzene rings is 3. The normalized spacial score (nSPS) is 11.3. The molecule has 0 aliphatic heterocycles. The number of amides is 2. The average Bonchev–Trinajstić information content (AvgIpc) is 3.50. The van der Waals surface area contributed by atoms with E-state index in [2.05, 4.69) is 24.8 Å². The molecule has 0 radical (unpaired) electrons. The number of nitrogens with two attached hydrogens (primary N) is 1. The lowest BCUT2D eigenvalue weighted by atomic mass is 10.1. The molecule has 0 aliphatic carbocycles. The van der Waals surface area contributed by atoms with Crippen LogP contribution < -0.4 is 25.4 Å². The molecule has 0 saturated carbocycles. The van der Waals surface area contributed by atoms with Gasteiger partial charge in [-0.25, -0.2) is 19.6 Å². The number of nitrogens with zero attached hydrogens (tertiary/aromatic N) is 5. The molecule has 5 aromatic rings. The van der Waals surface area contributed by atoms with Crippen molar-refractivity contribution in [3.63, 3.8) is 0 Å². The number of nitrogens with one attached hydrogen (secondary N) is 1. The van der Waals surface area contributed by atoms with Gasteiger partial charge in [0, 0.05) is 54.3 Å². The van der Waals surface area contributed by atoms with Gasteiger partial charge in [-0.3, -0.25) is 14.5 Å². The summed E-state index contributed by atoms with van der Waals surface area (Å²) in [7, 11) is 5.84. The fourth-order valence-corrected chi connectivity index (χ4v) is 5.18. The Hall–Kier alpha value is -7.03. The largest absolute Gasteiger partial charge is 0.496 e. The molecular formula is C38H37N7O8. The standard InChI is InChI=1S/C38H37N7O8/c1-44-30-16-11-26(21-29(30)42-33(44)23-41-27-13-8-25(9-14-27)36(39)43-38(49)52-4)37(48)45(32-7-5-6-19-40-32)20-18-35(47)53-28-15-10-24(31(22-28)50-2)12-17-34(46)51-3/h5-17,19,21-22,41H,18,20,23H2,1-4H3,(H2,39,43,49)/b17-12+. The van der Waals surface area contributed by atoms with Gasteiger partial charge >= 0.3 is 18.0 Å². The minimum Gasteiger partial charge on any atom is -0.496 e. The van der Waals surface area contributed by atoms with Crippen LogP contribution in [0.2, 0.25) is 0 Å². The number of anilines is 2. The summed E-state index contributed by atoms with van der Waals surface area (Å²) in [5.74, 6) is 0.263. The van der Waals surface area contributed by atoms with E-state index in [0.29, 0.717) is 46.1 Å². The maximum absolute atomic E-state index is 14.0. The van der Waals surface area contributed by atoms with E-state index in [4.69, 9.17) is 20.2 Å². The third-order valence-electron chi connectivity index (χ3n) is 7.99. The first-order chi connectivity index (χ1) is 25.6. The highest BCUT2D eigenvalue weighted by molar-refractivity contribution is 6.07. The molecule has 53 heavy (non-hydrogen) atoms. The third kappa shape index (κ3) is 9.40. The number of rotatable bonds is 13. The second kappa shape index (κ2) is 17.3. The molecule has 0 fully saturated rings. The van der Waals surface area contributed by atoms with Gasteiger partial charge < -0.3 is 34.6 Å². The van der Waals surface area contributed by atoms with Gasteiger partial charge in [0.15, 0.2) is 0 Å². The van der Waals surface area contributed by atoms with Crippen LogP contribution in [0.25, 0.3) is 17.1 Å². The van der Waals surface area contributed by atoms with Gasteiger partial charge in [0.1, 0.15) is 29.0 Å². The highest BCUT2D eigenvalue weighted by Gasteiger charge is 2.22. The van der Waals surface area contributed by atoms with Crippen molar-refractivity contribution in [3.8, 4) is 11.5 Å². The van der Waals surface area contributed by atoms with E-state index in [0.717, 1.165) is 11.2 Å². The first-order valence-electron chi connectivity index (χ1n) is 16.2. The number of fused-ring (bicyclic) bond motifs is 1. The number of aliphatic imine (C=N–C) groups is 1. The average molecular weight is 720 g/mol. The lowest BCUT2D eigenvalue weighted by Gasteiger charge is -2.21. The van der Waals surface area contributed by atoms with Gasteiger partial charge in [-0.15, -0.1) is 0 Å². The molecule has 0 atom stereocenters. The number of hydrogen-bond donors (Lipinski definition) is 2. The van der Waals surface area contributed by atoms with Crippen molar-refractivity contribution in [2.45, 2.75) is 13.0 Å². The molecule has 0 saturated heterocycles. The van der Waals surface area contributed by atoms with Gasteiger partial charge in [0.2, 0.25) is 0 Å². The van der Waals surface area contributed by atoms with E-state index in [1.807, 2.05) is 17.7 Å². The van der Waals surface area contributed by atoms with Crippen LogP contribution in [-0.2, 0) is 32.7 Å². The zero-order valence-electron chi connectivity index (χ0n) is 29.4. The van der Waals surface area contributed by atoms with Crippen LogP contribution in [0.5, 0.6) is 11.5 Å². The third-order valence-corrected chi connectivity index (χ3v) is 7.99. The molecule has 0 unspecified atom stereocenters. The molecule has 5 rings (SSSR count). The summed E-state index contributed by atoms with van der Waals surface area (Å²) >= 11 is 0. The minimum absolute atomic E-state index is 0.0137. The monoisotopic (exact) mass is 719 g/mol. The Morgan fingerprint density at radius 2 is 1.72 bits per heavy atom. The number of hydrogen-bond acceptors (Lipinski definition) is 11. The van der Waals surface area contributed by atoms with Crippen molar-refractivity contribution in [2.75, 3.05) is 38.1 Å². The molecule has 0 aliphatic rings. The van der Waals surface area contributed by atoms with E-state index >= 15 is 0 Å². The fourth-order valence-electron chi connectivity index (χ4n) is 5.18. The zero-order chi connectivity index (χ0) is 37.9. The summed E-state index contributed by atoms with van der Waals surface area (Å²) in [6.45, 7) is 0.362. The Balaban J connectivity index is 1.27. The van der Waals surface area contributed by atoms with Crippen LogP contribution in [0.15, 0.2) is 96.1 Å². The summed E-state index contributed by atoms with van der Waals surface area (Å²) in [4.78, 5) is 64.0. The summed E-state index contributed by atoms with van der Waals surface area (Å²) in [5.41, 5.74) is 9.59. The number of pyridine rings is 1. The lowest BCUT2D eigenvalue weighted by molar-refractivity contribution is -0.135. The molecule has 0 bridgehead atoms. The fraction of sp³-hybridized carbons (Fsp3) is 0.184. The number of amidine groups is 1. The molecule has 2 aromatic heterocycles. The number of methoxy groups -OCH3 is 3. The van der Waals surface area contributed by atoms with Crippen LogP contribution >= 0.6 is 0 Å². The van der Waals surface area contributed by atoms with Crippen molar-refractivity contribution >= 4 is 58.4 Å². The van der Waals surface area contributed by atoms with E-state index in [-0.39, 0.29) is 30.5 Å². The molecule has 2 amide bonds. The smallest absolute Gasteiger partial charge is 0.435 e.